The molecule has 0 N–H and O–H groups in total. The highest BCUT2D eigenvalue weighted by molar-refractivity contribution is 6.16. The van der Waals surface area contributed by atoms with Crippen molar-refractivity contribution in [3.05, 3.63) is 218 Å². The lowest BCUT2D eigenvalue weighted by molar-refractivity contribution is 1.17. The van der Waals surface area contributed by atoms with E-state index in [2.05, 4.69) is 228 Å². The molecule has 0 amide bonds. The Labute approximate surface area is 367 Å². The maximum Gasteiger partial charge on any atom is 0.160 e. The molecule has 0 spiro atoms. The largest absolute Gasteiger partial charge is 0.309 e. The number of para-hydroxylation sites is 3. The van der Waals surface area contributed by atoms with E-state index in [4.69, 9.17) is 9.97 Å². The molecule has 0 aliphatic rings. The van der Waals surface area contributed by atoms with Gasteiger partial charge in [0.2, 0.25) is 0 Å². The van der Waals surface area contributed by atoms with Crippen LogP contribution in [0.2, 0.25) is 0 Å². The summed E-state index contributed by atoms with van der Waals surface area (Å²) in [4.78, 5) is 10.4. The number of rotatable bonds is 4. The summed E-state index contributed by atoms with van der Waals surface area (Å²) in [7, 11) is 0. The highest BCUT2D eigenvalue weighted by Crippen LogP contribution is 2.39. The fourth-order valence-electron chi connectivity index (χ4n) is 10.4. The van der Waals surface area contributed by atoms with Crippen molar-refractivity contribution in [2.45, 2.75) is 0 Å². The Balaban J connectivity index is 0.891. The number of hydrogen-bond acceptors (Lipinski definition) is 2. The van der Waals surface area contributed by atoms with Crippen LogP contribution in [0.15, 0.2) is 218 Å². The zero-order valence-corrected chi connectivity index (χ0v) is 34.6. The van der Waals surface area contributed by atoms with Crippen molar-refractivity contribution in [3.63, 3.8) is 0 Å². The van der Waals surface area contributed by atoms with Gasteiger partial charge in [-0.15, -0.1) is 0 Å². The van der Waals surface area contributed by atoms with Crippen molar-refractivity contribution in [2.75, 3.05) is 0 Å². The van der Waals surface area contributed by atoms with E-state index in [1.807, 2.05) is 0 Å². The van der Waals surface area contributed by atoms with E-state index in [1.54, 1.807) is 0 Å². The van der Waals surface area contributed by atoms with Gasteiger partial charge in [-0.2, -0.15) is 0 Å². The maximum absolute atomic E-state index is 5.31. The van der Waals surface area contributed by atoms with Crippen LogP contribution in [-0.4, -0.2) is 19.1 Å². The van der Waals surface area contributed by atoms with Crippen LogP contribution in [0, 0.1) is 0 Å². The van der Waals surface area contributed by atoms with Crippen molar-refractivity contribution in [3.8, 4) is 34.0 Å². The highest BCUT2D eigenvalue weighted by Gasteiger charge is 2.18. The van der Waals surface area contributed by atoms with Gasteiger partial charge in [0.25, 0.3) is 0 Å². The zero-order chi connectivity index (χ0) is 41.9. The van der Waals surface area contributed by atoms with Crippen LogP contribution in [0.3, 0.4) is 0 Å². The Hall–Kier alpha value is -8.60. The summed E-state index contributed by atoms with van der Waals surface area (Å²) in [6, 6.07) is 79.3. The van der Waals surface area contributed by atoms with Crippen LogP contribution in [0.4, 0.5) is 0 Å². The summed E-state index contributed by atoms with van der Waals surface area (Å²) in [5.41, 5.74) is 10.9. The summed E-state index contributed by atoms with van der Waals surface area (Å²) >= 11 is 0. The van der Waals surface area contributed by atoms with Gasteiger partial charge < -0.3 is 9.13 Å². The lowest BCUT2D eigenvalue weighted by Crippen LogP contribution is -1.97. The van der Waals surface area contributed by atoms with Gasteiger partial charge in [-0.25, -0.2) is 9.97 Å². The average Bonchev–Trinajstić information content (AvgIpc) is 3.85. The van der Waals surface area contributed by atoms with Gasteiger partial charge in [-0.3, -0.25) is 0 Å². The second kappa shape index (κ2) is 13.4. The second-order valence-electron chi connectivity index (χ2n) is 17.0. The third kappa shape index (κ3) is 5.23. The van der Waals surface area contributed by atoms with Crippen LogP contribution >= 0.6 is 0 Å². The molecule has 4 heteroatoms. The molecule has 296 valence electrons. The van der Waals surface area contributed by atoms with Gasteiger partial charge in [0.15, 0.2) is 5.82 Å². The van der Waals surface area contributed by atoms with Crippen LogP contribution in [0.5, 0.6) is 0 Å². The number of nitrogens with zero attached hydrogens (tertiary/aromatic N) is 4. The lowest BCUT2D eigenvalue weighted by atomic mass is 9.97. The van der Waals surface area contributed by atoms with Crippen molar-refractivity contribution in [1.82, 2.24) is 19.1 Å². The molecule has 3 aromatic heterocycles. The molecule has 0 unspecified atom stereocenters. The predicted octanol–water partition coefficient (Wildman–Crippen LogP) is 15.8. The first-order valence-electron chi connectivity index (χ1n) is 21.9. The van der Waals surface area contributed by atoms with Crippen molar-refractivity contribution in [1.29, 1.82) is 0 Å². The molecular formula is C60H36N4. The normalized spacial score (nSPS) is 12.1. The topological polar surface area (TPSA) is 35.6 Å². The minimum atomic E-state index is 0.707. The molecule has 0 radical (unpaired) electrons. The molecule has 0 saturated carbocycles. The van der Waals surface area contributed by atoms with Crippen molar-refractivity contribution in [2.24, 2.45) is 0 Å². The first-order chi connectivity index (χ1) is 31.7. The fourth-order valence-corrected chi connectivity index (χ4v) is 10.4. The molecule has 0 fully saturated rings. The second-order valence-corrected chi connectivity index (χ2v) is 17.0. The quantitative estimate of drug-likeness (QED) is 0.166. The van der Waals surface area contributed by atoms with E-state index >= 15 is 0 Å². The van der Waals surface area contributed by atoms with Crippen molar-refractivity contribution < 1.29 is 0 Å². The molecule has 0 saturated heterocycles. The summed E-state index contributed by atoms with van der Waals surface area (Å²) in [5, 5.41) is 15.8. The molecule has 0 atom stereocenters. The fraction of sp³-hybridized carbons (Fsp3) is 0. The van der Waals surface area contributed by atoms with E-state index in [-0.39, 0.29) is 0 Å². The van der Waals surface area contributed by atoms with Crippen LogP contribution in [0.1, 0.15) is 0 Å². The maximum atomic E-state index is 5.31. The Kier molecular flexibility index (Phi) is 7.36. The van der Waals surface area contributed by atoms with E-state index in [1.165, 1.54) is 86.7 Å². The number of hydrogen-bond donors (Lipinski definition) is 0. The smallest absolute Gasteiger partial charge is 0.160 e. The highest BCUT2D eigenvalue weighted by atomic mass is 15.0. The standard InChI is InChI=1S/C60H36N4/c1-2-13-41-35-58-52(32-40(41)12-1)48-15-7-10-20-56(48)64(58)46-30-27-42-36-57-53(34-44(42)31-46)49-16-6-9-19-55(49)63(57)45-28-25-39(26-29-45)60-61-54-18-8-5-17-50(54)59(62-60)43-24-23-38-22-21-37-11-3-4-14-47(37)51(38)33-43/h1-36H. The summed E-state index contributed by atoms with van der Waals surface area (Å²) in [6.45, 7) is 0. The average molecular weight is 813 g/mol. The molecule has 0 aliphatic carbocycles. The molecule has 3 heterocycles. The number of benzene rings is 11. The predicted molar refractivity (Wildman–Crippen MR) is 269 cm³/mol. The molecule has 14 rings (SSSR count). The van der Waals surface area contributed by atoms with E-state index in [9.17, 15) is 0 Å². The lowest BCUT2D eigenvalue weighted by Gasteiger charge is -2.13. The summed E-state index contributed by atoms with van der Waals surface area (Å²) in [6.07, 6.45) is 0. The third-order valence-corrected chi connectivity index (χ3v) is 13.4. The van der Waals surface area contributed by atoms with E-state index in [0.29, 0.717) is 5.82 Å². The van der Waals surface area contributed by atoms with Crippen LogP contribution in [0.25, 0.3) is 132 Å². The Morgan fingerprint density at radius 3 is 1.50 bits per heavy atom. The number of aromatic nitrogens is 4. The monoisotopic (exact) mass is 812 g/mol. The Morgan fingerprint density at radius 2 is 0.766 bits per heavy atom. The van der Waals surface area contributed by atoms with Gasteiger partial charge in [0, 0.05) is 49.4 Å². The van der Waals surface area contributed by atoms with Gasteiger partial charge >= 0.3 is 0 Å². The van der Waals surface area contributed by atoms with Crippen LogP contribution < -0.4 is 0 Å². The third-order valence-electron chi connectivity index (χ3n) is 13.4. The number of fused-ring (bicyclic) bond motifs is 12. The molecule has 64 heavy (non-hydrogen) atoms. The molecule has 14 aromatic rings. The minimum Gasteiger partial charge on any atom is -0.309 e. The molecule has 11 aromatic carbocycles. The van der Waals surface area contributed by atoms with Crippen LogP contribution in [-0.2, 0) is 0 Å². The summed E-state index contributed by atoms with van der Waals surface area (Å²) < 4.78 is 4.82. The zero-order valence-electron chi connectivity index (χ0n) is 34.6. The SMILES string of the molecule is c1ccc2cc3c(cc2c1)c1ccccc1n3-c1ccc2cc3c(cc2c1)c1ccccc1n3-c1ccc(-c2nc(-c3ccc4ccc5ccccc5c4c3)c3ccccc3n2)cc1. The molecular weight excluding hydrogens is 777 g/mol. The van der Waals surface area contributed by atoms with Gasteiger partial charge in [-0.05, 0) is 128 Å². The Bertz CT molecular complexity index is 4250. The summed E-state index contributed by atoms with van der Waals surface area (Å²) in [5.74, 6) is 0.707. The van der Waals surface area contributed by atoms with Gasteiger partial charge in [0.1, 0.15) is 0 Å². The molecule has 0 bridgehead atoms. The Morgan fingerprint density at radius 1 is 0.266 bits per heavy atom. The first-order valence-corrected chi connectivity index (χ1v) is 21.9. The molecule has 4 nitrogen and oxygen atoms in total. The van der Waals surface area contributed by atoms with Gasteiger partial charge in [-0.1, -0.05) is 133 Å². The van der Waals surface area contributed by atoms with E-state index in [0.717, 1.165) is 39.1 Å². The van der Waals surface area contributed by atoms with Gasteiger partial charge in [0.05, 0.1) is 33.3 Å². The van der Waals surface area contributed by atoms with E-state index < -0.39 is 0 Å². The minimum absolute atomic E-state index is 0.707. The van der Waals surface area contributed by atoms with Crippen molar-refractivity contribution >= 4 is 97.6 Å². The first kappa shape index (κ1) is 35.0. The molecule has 0 aliphatic heterocycles.